The maximum Gasteiger partial charge on any atom is 0.124 e. The van der Waals surface area contributed by atoms with Gasteiger partial charge in [0, 0.05) is 16.6 Å². The minimum Gasteiger partial charge on any atom is -0.496 e. The van der Waals surface area contributed by atoms with Crippen LogP contribution in [-0.4, -0.2) is 18.1 Å². The van der Waals surface area contributed by atoms with Gasteiger partial charge < -0.3 is 9.47 Å². The molecule has 1 aromatic rings. The van der Waals surface area contributed by atoms with Crippen molar-refractivity contribution in [2.45, 2.75) is 45.1 Å². The smallest absolute Gasteiger partial charge is 0.124 e. The summed E-state index contributed by atoms with van der Waals surface area (Å²) in [7, 11) is 1.72. The fourth-order valence-corrected chi connectivity index (χ4v) is 2.81. The lowest BCUT2D eigenvalue weighted by atomic mass is 10.1. The predicted molar refractivity (Wildman–Crippen MR) is 89.3 cm³/mol. The van der Waals surface area contributed by atoms with E-state index >= 15 is 0 Å². The molecule has 2 nitrogen and oxygen atoms in total. The van der Waals surface area contributed by atoms with Crippen molar-refractivity contribution >= 4 is 22.6 Å². The molecule has 0 aliphatic carbocycles. The van der Waals surface area contributed by atoms with Crippen LogP contribution < -0.4 is 4.74 Å². The van der Waals surface area contributed by atoms with Crippen molar-refractivity contribution in [1.29, 1.82) is 0 Å². The van der Waals surface area contributed by atoms with Gasteiger partial charge in [0.05, 0.1) is 13.2 Å². The minimum atomic E-state index is 0.142. The molecule has 0 N–H and O–H groups in total. The lowest BCUT2D eigenvalue weighted by Crippen LogP contribution is -2.08. The number of methoxy groups -OCH3 is 1. The highest BCUT2D eigenvalue weighted by Crippen LogP contribution is 2.29. The van der Waals surface area contributed by atoms with Gasteiger partial charge >= 0.3 is 0 Å². The molecule has 0 saturated carbocycles. The van der Waals surface area contributed by atoms with Crippen LogP contribution in [0.1, 0.15) is 50.7 Å². The number of rotatable bonds is 10. The van der Waals surface area contributed by atoms with Gasteiger partial charge in [-0.3, -0.25) is 0 Å². The highest BCUT2D eigenvalue weighted by molar-refractivity contribution is 14.1. The molecule has 0 aliphatic heterocycles. The van der Waals surface area contributed by atoms with Crippen LogP contribution in [0.15, 0.2) is 24.3 Å². The molecule has 108 valence electrons. The largest absolute Gasteiger partial charge is 0.496 e. The van der Waals surface area contributed by atoms with Crippen LogP contribution in [0.25, 0.3) is 0 Å². The Bertz CT molecular complexity index is 341. The zero-order valence-electron chi connectivity index (χ0n) is 12.0. The van der Waals surface area contributed by atoms with Gasteiger partial charge in [-0.05, 0) is 12.5 Å². The quantitative estimate of drug-likeness (QED) is 0.319. The lowest BCUT2D eigenvalue weighted by Gasteiger charge is -2.18. The van der Waals surface area contributed by atoms with E-state index in [-0.39, 0.29) is 6.10 Å². The molecule has 0 radical (unpaired) electrons. The first kappa shape index (κ1) is 16.8. The molecule has 19 heavy (non-hydrogen) atoms. The van der Waals surface area contributed by atoms with Gasteiger partial charge in [0.15, 0.2) is 0 Å². The van der Waals surface area contributed by atoms with Gasteiger partial charge in [-0.1, -0.05) is 73.4 Å². The Hall–Kier alpha value is -0.290. The van der Waals surface area contributed by atoms with Crippen molar-refractivity contribution in [3.63, 3.8) is 0 Å². The molecule has 0 fully saturated rings. The number of unbranched alkanes of at least 4 members (excludes halogenated alkanes) is 4. The Balaban J connectivity index is 2.40. The molecule has 0 aliphatic rings. The Morgan fingerprint density at radius 1 is 1.11 bits per heavy atom. The lowest BCUT2D eigenvalue weighted by molar-refractivity contribution is 0.0662. The number of benzene rings is 1. The molecule has 0 spiro atoms. The number of hydrogen-bond donors (Lipinski definition) is 0. The molecular weight excluding hydrogens is 351 g/mol. The molecule has 0 saturated heterocycles. The predicted octanol–water partition coefficient (Wildman–Crippen LogP) is 5.16. The van der Waals surface area contributed by atoms with Crippen molar-refractivity contribution in [2.24, 2.45) is 0 Å². The second-order valence-corrected chi connectivity index (χ2v) is 5.55. The Morgan fingerprint density at radius 3 is 2.53 bits per heavy atom. The van der Waals surface area contributed by atoms with Crippen LogP contribution in [0.2, 0.25) is 0 Å². The summed E-state index contributed by atoms with van der Waals surface area (Å²) in [6.45, 7) is 3.08. The van der Waals surface area contributed by atoms with Crippen molar-refractivity contribution in [3.8, 4) is 5.75 Å². The molecule has 0 heterocycles. The number of ether oxygens (including phenoxy) is 2. The van der Waals surface area contributed by atoms with E-state index in [4.69, 9.17) is 9.47 Å². The first-order valence-electron chi connectivity index (χ1n) is 7.14. The van der Waals surface area contributed by atoms with Crippen LogP contribution in [0, 0.1) is 0 Å². The van der Waals surface area contributed by atoms with E-state index in [1.807, 2.05) is 18.2 Å². The topological polar surface area (TPSA) is 18.5 Å². The third kappa shape index (κ3) is 6.13. The molecule has 1 atom stereocenters. The molecular formula is C16H25IO2. The maximum atomic E-state index is 6.01. The third-order valence-electron chi connectivity index (χ3n) is 3.19. The number of hydrogen-bond acceptors (Lipinski definition) is 2. The van der Waals surface area contributed by atoms with Crippen molar-refractivity contribution in [1.82, 2.24) is 0 Å². The van der Waals surface area contributed by atoms with Crippen molar-refractivity contribution in [3.05, 3.63) is 29.8 Å². The summed E-state index contributed by atoms with van der Waals surface area (Å²) in [6.07, 6.45) is 6.52. The summed E-state index contributed by atoms with van der Waals surface area (Å²) in [5.74, 6) is 0.926. The van der Waals surface area contributed by atoms with Gasteiger partial charge in [-0.25, -0.2) is 0 Å². The molecule has 3 heteroatoms. The fourth-order valence-electron chi connectivity index (χ4n) is 2.08. The van der Waals surface area contributed by atoms with E-state index in [0.717, 1.165) is 28.8 Å². The molecule has 1 aromatic carbocycles. The van der Waals surface area contributed by atoms with E-state index < -0.39 is 0 Å². The molecule has 0 amide bonds. The van der Waals surface area contributed by atoms with Gasteiger partial charge in [0.1, 0.15) is 5.75 Å². The summed E-state index contributed by atoms with van der Waals surface area (Å²) < 4.78 is 12.4. The zero-order chi connectivity index (χ0) is 13.9. The monoisotopic (exact) mass is 376 g/mol. The van der Waals surface area contributed by atoms with Crippen molar-refractivity contribution in [2.75, 3.05) is 18.1 Å². The summed E-state index contributed by atoms with van der Waals surface area (Å²) in [4.78, 5) is 0. The first-order valence-corrected chi connectivity index (χ1v) is 8.66. The van der Waals surface area contributed by atoms with E-state index in [9.17, 15) is 0 Å². The SMILES string of the molecule is CCCCCCCOC(CI)c1ccccc1OC. The Labute approximate surface area is 131 Å². The third-order valence-corrected chi connectivity index (χ3v) is 3.99. The number of para-hydroxylation sites is 1. The van der Waals surface area contributed by atoms with E-state index in [1.54, 1.807) is 7.11 Å². The summed E-state index contributed by atoms with van der Waals surface area (Å²) in [5.41, 5.74) is 1.16. The van der Waals surface area contributed by atoms with Crippen LogP contribution in [0.4, 0.5) is 0 Å². The molecule has 0 aromatic heterocycles. The van der Waals surface area contributed by atoms with E-state index in [2.05, 4.69) is 35.6 Å². The van der Waals surface area contributed by atoms with Crippen molar-refractivity contribution < 1.29 is 9.47 Å². The van der Waals surface area contributed by atoms with Gasteiger partial charge in [0.2, 0.25) is 0 Å². The summed E-state index contributed by atoms with van der Waals surface area (Å²) >= 11 is 2.38. The minimum absolute atomic E-state index is 0.142. The number of halogens is 1. The van der Waals surface area contributed by atoms with Crippen LogP contribution in [-0.2, 0) is 4.74 Å². The van der Waals surface area contributed by atoms with Crippen LogP contribution >= 0.6 is 22.6 Å². The zero-order valence-corrected chi connectivity index (χ0v) is 14.2. The van der Waals surface area contributed by atoms with E-state index in [1.165, 1.54) is 25.7 Å². The standard InChI is InChI=1S/C16H25IO2/c1-3-4-5-6-9-12-19-16(13-17)14-10-7-8-11-15(14)18-2/h7-8,10-11,16H,3-6,9,12-13H2,1-2H3. The molecule has 0 bridgehead atoms. The Kier molecular flexibility index (Phi) is 9.26. The second kappa shape index (κ2) is 10.5. The van der Waals surface area contributed by atoms with Crippen LogP contribution in [0.3, 0.4) is 0 Å². The summed E-state index contributed by atoms with van der Waals surface area (Å²) in [5, 5.41) is 0. The number of alkyl halides is 1. The second-order valence-electron chi connectivity index (χ2n) is 4.67. The van der Waals surface area contributed by atoms with Crippen LogP contribution in [0.5, 0.6) is 5.75 Å². The highest BCUT2D eigenvalue weighted by Gasteiger charge is 2.14. The first-order chi connectivity index (χ1) is 9.33. The average molecular weight is 376 g/mol. The normalized spacial score (nSPS) is 12.4. The van der Waals surface area contributed by atoms with Gasteiger partial charge in [-0.2, -0.15) is 0 Å². The molecule has 1 rings (SSSR count). The van der Waals surface area contributed by atoms with Gasteiger partial charge in [0.25, 0.3) is 0 Å². The fraction of sp³-hybridized carbons (Fsp3) is 0.625. The molecule has 1 unspecified atom stereocenters. The van der Waals surface area contributed by atoms with Gasteiger partial charge in [-0.15, -0.1) is 0 Å². The van der Waals surface area contributed by atoms with E-state index in [0.29, 0.717) is 0 Å². The summed E-state index contributed by atoms with van der Waals surface area (Å²) in [6, 6.07) is 8.14. The maximum absolute atomic E-state index is 6.01. The average Bonchev–Trinajstić information content (AvgIpc) is 2.47. The highest BCUT2D eigenvalue weighted by atomic mass is 127. The Morgan fingerprint density at radius 2 is 1.84 bits per heavy atom.